The molecule has 1 unspecified atom stereocenters. The second-order valence-corrected chi connectivity index (χ2v) is 8.09. The third-order valence-electron chi connectivity index (χ3n) is 6.31. The number of nitrogens with zero attached hydrogens (tertiary/aromatic N) is 5. The molecule has 0 N–H and O–H groups in total. The fraction of sp³-hybridized carbons (Fsp3) is 0.750. The van der Waals surface area contributed by atoms with Crippen molar-refractivity contribution in [2.75, 3.05) is 52.5 Å². The third kappa shape index (κ3) is 4.55. The molecule has 3 aliphatic heterocycles. The van der Waals surface area contributed by atoms with Gasteiger partial charge in [-0.25, -0.2) is 0 Å². The van der Waals surface area contributed by atoms with Crippen molar-refractivity contribution in [1.29, 1.82) is 0 Å². The Morgan fingerprint density at radius 2 is 1.79 bits per heavy atom. The monoisotopic (exact) mass is 389 g/mol. The highest BCUT2D eigenvalue weighted by molar-refractivity contribution is 5.79. The molecular weight excluding hydrogens is 358 g/mol. The molecule has 154 valence electrons. The molecule has 1 aromatic heterocycles. The lowest BCUT2D eigenvalue weighted by molar-refractivity contribution is -0.142. The SMILES string of the molecule is O=C(Cn1cccn1)N1CCC(N2CCCC(C(=O)N3CCOCC3)C2)CC1. The van der Waals surface area contributed by atoms with Crippen molar-refractivity contribution in [3.8, 4) is 0 Å². The third-order valence-corrected chi connectivity index (χ3v) is 6.31. The van der Waals surface area contributed by atoms with E-state index >= 15 is 0 Å². The topological polar surface area (TPSA) is 70.9 Å². The van der Waals surface area contributed by atoms with Crippen LogP contribution in [0.5, 0.6) is 0 Å². The van der Waals surface area contributed by atoms with Gasteiger partial charge in [-0.15, -0.1) is 0 Å². The fourth-order valence-electron chi connectivity index (χ4n) is 4.69. The zero-order valence-electron chi connectivity index (χ0n) is 16.5. The number of aromatic nitrogens is 2. The highest BCUT2D eigenvalue weighted by Crippen LogP contribution is 2.25. The number of likely N-dealkylation sites (tertiary alicyclic amines) is 2. The highest BCUT2D eigenvalue weighted by atomic mass is 16.5. The van der Waals surface area contributed by atoms with Gasteiger partial charge in [0, 0.05) is 51.2 Å². The molecule has 0 aromatic carbocycles. The minimum atomic E-state index is 0.117. The maximum atomic E-state index is 12.9. The summed E-state index contributed by atoms with van der Waals surface area (Å²) in [5, 5.41) is 4.12. The Bertz CT molecular complexity index is 651. The van der Waals surface area contributed by atoms with Crippen molar-refractivity contribution in [2.45, 2.75) is 38.3 Å². The molecule has 28 heavy (non-hydrogen) atoms. The molecule has 3 fully saturated rings. The van der Waals surface area contributed by atoms with Crippen LogP contribution in [0.1, 0.15) is 25.7 Å². The summed E-state index contributed by atoms with van der Waals surface area (Å²) in [6.07, 6.45) is 7.58. The number of hydrogen-bond donors (Lipinski definition) is 0. The minimum Gasteiger partial charge on any atom is -0.378 e. The molecule has 0 spiro atoms. The van der Waals surface area contributed by atoms with Gasteiger partial charge in [0.15, 0.2) is 0 Å². The van der Waals surface area contributed by atoms with Crippen LogP contribution in [0, 0.1) is 5.92 Å². The number of ether oxygens (including phenoxy) is 1. The summed E-state index contributed by atoms with van der Waals surface area (Å²) < 4.78 is 7.06. The molecule has 2 amide bonds. The maximum absolute atomic E-state index is 12.9. The quantitative estimate of drug-likeness (QED) is 0.748. The average molecular weight is 390 g/mol. The fourth-order valence-corrected chi connectivity index (χ4v) is 4.69. The lowest BCUT2D eigenvalue weighted by atomic mass is 9.92. The molecule has 0 aliphatic carbocycles. The first-order chi connectivity index (χ1) is 13.7. The minimum absolute atomic E-state index is 0.117. The van der Waals surface area contributed by atoms with Crippen LogP contribution in [0.3, 0.4) is 0 Å². The van der Waals surface area contributed by atoms with Gasteiger partial charge in [0.05, 0.1) is 19.1 Å². The molecule has 0 bridgehead atoms. The smallest absolute Gasteiger partial charge is 0.244 e. The van der Waals surface area contributed by atoms with Gasteiger partial charge in [-0.1, -0.05) is 0 Å². The Balaban J connectivity index is 1.26. The summed E-state index contributed by atoms with van der Waals surface area (Å²) in [6, 6.07) is 2.32. The van der Waals surface area contributed by atoms with E-state index in [0.717, 1.165) is 65.0 Å². The standard InChI is InChI=1S/C20H31N5O3/c26-19(16-25-8-2-6-21-25)22-9-4-18(5-10-22)24-7-1-3-17(15-24)20(27)23-11-13-28-14-12-23/h2,6,8,17-18H,1,3-5,7,9-16H2. The predicted molar refractivity (Wildman–Crippen MR) is 104 cm³/mol. The van der Waals surface area contributed by atoms with Crippen molar-refractivity contribution in [3.63, 3.8) is 0 Å². The van der Waals surface area contributed by atoms with Gasteiger partial charge in [0.2, 0.25) is 11.8 Å². The number of hydrogen-bond acceptors (Lipinski definition) is 5. The van der Waals surface area contributed by atoms with Crippen molar-refractivity contribution >= 4 is 11.8 Å². The number of morpholine rings is 1. The van der Waals surface area contributed by atoms with E-state index < -0.39 is 0 Å². The van der Waals surface area contributed by atoms with Gasteiger partial charge in [0.1, 0.15) is 6.54 Å². The highest BCUT2D eigenvalue weighted by Gasteiger charge is 2.34. The number of carbonyl (C=O) groups is 2. The number of amides is 2. The van der Waals surface area contributed by atoms with Gasteiger partial charge in [-0.05, 0) is 38.3 Å². The van der Waals surface area contributed by atoms with Crippen LogP contribution in [0.2, 0.25) is 0 Å². The van der Waals surface area contributed by atoms with E-state index in [-0.39, 0.29) is 11.8 Å². The number of piperidine rings is 2. The first kappa shape index (κ1) is 19.4. The molecule has 1 aromatic rings. The first-order valence-electron chi connectivity index (χ1n) is 10.6. The van der Waals surface area contributed by atoms with Crippen molar-refractivity contribution < 1.29 is 14.3 Å². The zero-order chi connectivity index (χ0) is 19.3. The average Bonchev–Trinajstić information content (AvgIpc) is 3.27. The summed E-state index contributed by atoms with van der Waals surface area (Å²) >= 11 is 0. The maximum Gasteiger partial charge on any atom is 0.244 e. The summed E-state index contributed by atoms with van der Waals surface area (Å²) in [5.41, 5.74) is 0. The van der Waals surface area contributed by atoms with Crippen LogP contribution in [-0.4, -0.2) is 94.8 Å². The lowest BCUT2D eigenvalue weighted by Gasteiger charge is -2.43. The van der Waals surface area contributed by atoms with Gasteiger partial charge in [0.25, 0.3) is 0 Å². The Morgan fingerprint density at radius 1 is 1.00 bits per heavy atom. The summed E-state index contributed by atoms with van der Waals surface area (Å²) in [7, 11) is 0. The zero-order valence-corrected chi connectivity index (χ0v) is 16.5. The molecule has 4 rings (SSSR count). The van der Waals surface area contributed by atoms with E-state index in [4.69, 9.17) is 4.74 Å². The van der Waals surface area contributed by atoms with E-state index in [1.807, 2.05) is 22.1 Å². The predicted octanol–water partition coefficient (Wildman–Crippen LogP) is 0.445. The van der Waals surface area contributed by atoms with E-state index in [9.17, 15) is 9.59 Å². The van der Waals surface area contributed by atoms with Crippen LogP contribution < -0.4 is 0 Å². The van der Waals surface area contributed by atoms with Gasteiger partial charge in [-0.3, -0.25) is 19.2 Å². The van der Waals surface area contributed by atoms with Crippen molar-refractivity contribution in [1.82, 2.24) is 24.5 Å². The second-order valence-electron chi connectivity index (χ2n) is 8.09. The molecule has 1 atom stereocenters. The second kappa shape index (κ2) is 9.05. The van der Waals surface area contributed by atoms with Crippen LogP contribution in [0.4, 0.5) is 0 Å². The van der Waals surface area contributed by atoms with E-state index in [0.29, 0.717) is 31.7 Å². The number of carbonyl (C=O) groups excluding carboxylic acids is 2. The number of rotatable bonds is 4. The van der Waals surface area contributed by atoms with Crippen LogP contribution in [0.25, 0.3) is 0 Å². The van der Waals surface area contributed by atoms with Crippen LogP contribution >= 0.6 is 0 Å². The molecule has 4 heterocycles. The summed E-state index contributed by atoms with van der Waals surface area (Å²) in [5.74, 6) is 0.562. The molecule has 0 radical (unpaired) electrons. The van der Waals surface area contributed by atoms with Gasteiger partial charge in [-0.2, -0.15) is 5.10 Å². The van der Waals surface area contributed by atoms with E-state index in [1.54, 1.807) is 10.9 Å². The molecule has 3 saturated heterocycles. The Morgan fingerprint density at radius 3 is 2.50 bits per heavy atom. The first-order valence-corrected chi connectivity index (χ1v) is 10.6. The summed E-state index contributed by atoms with van der Waals surface area (Å²) in [6.45, 7) is 6.61. The molecular formula is C20H31N5O3. The molecule has 3 aliphatic rings. The van der Waals surface area contributed by atoms with E-state index in [1.165, 1.54) is 0 Å². The van der Waals surface area contributed by atoms with E-state index in [2.05, 4.69) is 10.00 Å². The van der Waals surface area contributed by atoms with Crippen molar-refractivity contribution in [3.05, 3.63) is 18.5 Å². The van der Waals surface area contributed by atoms with Gasteiger partial charge >= 0.3 is 0 Å². The molecule has 0 saturated carbocycles. The van der Waals surface area contributed by atoms with Crippen molar-refractivity contribution in [2.24, 2.45) is 5.92 Å². The Kier molecular flexibility index (Phi) is 6.26. The molecule has 8 heteroatoms. The van der Waals surface area contributed by atoms with Gasteiger partial charge < -0.3 is 14.5 Å². The Labute approximate surface area is 166 Å². The largest absolute Gasteiger partial charge is 0.378 e. The van der Waals surface area contributed by atoms with Crippen LogP contribution in [0.15, 0.2) is 18.5 Å². The van der Waals surface area contributed by atoms with Crippen LogP contribution in [-0.2, 0) is 20.9 Å². The lowest BCUT2D eigenvalue weighted by Crippen LogP contribution is -2.53. The summed E-state index contributed by atoms with van der Waals surface area (Å²) in [4.78, 5) is 31.8. The Hall–Kier alpha value is -1.93. The normalized spacial score (nSPS) is 25.1. The molecule has 8 nitrogen and oxygen atoms in total.